The fraction of sp³-hybridized carbons (Fsp3) is 0.574. The van der Waals surface area contributed by atoms with Crippen molar-refractivity contribution in [1.82, 2.24) is 19.9 Å². The largest absolute Gasteiger partial charge is 0.500 e. The first-order chi connectivity index (χ1) is 31.6. The Hall–Kier alpha value is -2.29. The van der Waals surface area contributed by atoms with E-state index in [2.05, 4.69) is 101 Å². The zero-order valence-electron chi connectivity index (χ0n) is 42.2. The zero-order valence-corrected chi connectivity index (χ0v) is 47.7. The van der Waals surface area contributed by atoms with Crippen molar-refractivity contribution in [3.05, 3.63) is 90.1 Å². The van der Waals surface area contributed by atoms with Crippen LogP contribution in [0, 0.1) is 5.95 Å². The molecule has 1 saturated heterocycles. The first-order valence-corrected chi connectivity index (χ1v) is 24.4. The van der Waals surface area contributed by atoms with Crippen molar-refractivity contribution in [3.8, 4) is 17.6 Å². The number of rotatable bonds is 8. The number of aliphatic hydroxyl groups is 4. The summed E-state index contributed by atoms with van der Waals surface area (Å²) in [4.78, 5) is 15.7. The number of aromatic nitrogens is 4. The molecule has 69 heavy (non-hydrogen) atoms. The van der Waals surface area contributed by atoms with Crippen LogP contribution in [0.5, 0.6) is 17.6 Å². The van der Waals surface area contributed by atoms with Crippen molar-refractivity contribution in [2.45, 2.75) is 154 Å². The zero-order chi connectivity index (χ0) is 53.5. The molecule has 4 aromatic rings. The topological polar surface area (TPSA) is 179 Å². The maximum atomic E-state index is 12.2. The minimum absolute atomic E-state index is 0.0318. The molecule has 0 bridgehead atoms. The molecule has 0 amide bonds. The van der Waals surface area contributed by atoms with Crippen LogP contribution in [0.4, 0.5) is 4.39 Å². The summed E-state index contributed by atoms with van der Waals surface area (Å²) >= 11 is 23.3. The molecule has 380 valence electrons. The van der Waals surface area contributed by atoms with E-state index in [4.69, 9.17) is 78.7 Å². The van der Waals surface area contributed by atoms with Crippen LogP contribution in [0.3, 0.4) is 0 Å². The summed E-state index contributed by atoms with van der Waals surface area (Å²) in [5, 5.41) is 37.6. The molecule has 3 aliphatic rings. The maximum Gasteiger partial charge on any atom is 0.500 e. The normalized spacial score (nSPS) is 15.8. The second-order valence-corrected chi connectivity index (χ2v) is 22.1. The molecule has 2 aliphatic carbocycles. The van der Waals surface area contributed by atoms with Gasteiger partial charge in [-0.2, -0.15) is 4.39 Å². The van der Waals surface area contributed by atoms with E-state index in [9.17, 15) is 4.39 Å². The predicted octanol–water partition coefficient (Wildman–Crippen LogP) is 10.3. The SMILES string of the molecule is CC(C)(O)C(C)(C)O.CC(C)(O)C(C)(C)O.COc1ncc(Br)cc1Cl.COc1ncc(C2CC2)cc1B1OC(C)(C)C(C)(C)O1.COc1ncc(C2CC2)cc1Cl.Fc1ncc(Br)cc1Cl.[B][B]. The Morgan fingerprint density at radius 1 is 0.580 bits per heavy atom. The fourth-order valence-electron chi connectivity index (χ4n) is 4.62. The summed E-state index contributed by atoms with van der Waals surface area (Å²) in [7, 11) is 12.3. The minimum Gasteiger partial charge on any atom is -0.481 e. The molecule has 0 atom stereocenters. The maximum absolute atomic E-state index is 12.2. The van der Waals surface area contributed by atoms with Crippen LogP contribution in [0.25, 0.3) is 0 Å². The van der Waals surface area contributed by atoms with Crippen LogP contribution in [0.15, 0.2) is 58.0 Å². The van der Waals surface area contributed by atoms with E-state index in [-0.39, 0.29) is 16.2 Å². The summed E-state index contributed by atoms with van der Waals surface area (Å²) in [5.74, 6) is 2.26. The van der Waals surface area contributed by atoms with Gasteiger partial charge >= 0.3 is 7.12 Å². The minimum atomic E-state index is -1.01. The van der Waals surface area contributed by atoms with Crippen LogP contribution in [0.1, 0.15) is 132 Å². The number of methoxy groups -OCH3 is 3. The Bertz CT molecular complexity index is 2140. The van der Waals surface area contributed by atoms with Gasteiger partial charge in [-0.3, -0.25) is 0 Å². The van der Waals surface area contributed by atoms with Gasteiger partial charge in [0.05, 0.1) is 60.0 Å². The molecule has 1 aliphatic heterocycles. The average molecular weight is 1150 g/mol. The second kappa shape index (κ2) is 27.7. The van der Waals surface area contributed by atoms with Crippen molar-refractivity contribution in [1.29, 1.82) is 0 Å². The third kappa shape index (κ3) is 21.8. The molecule has 22 heteroatoms. The molecule has 3 fully saturated rings. The van der Waals surface area contributed by atoms with Crippen LogP contribution in [-0.2, 0) is 9.31 Å². The molecule has 0 unspecified atom stereocenters. The van der Waals surface area contributed by atoms with E-state index in [0.717, 1.165) is 9.94 Å². The summed E-state index contributed by atoms with van der Waals surface area (Å²) < 4.78 is 41.1. The highest BCUT2D eigenvalue weighted by Gasteiger charge is 2.53. The van der Waals surface area contributed by atoms with Gasteiger partial charge in [-0.1, -0.05) is 40.9 Å². The molecular formula is C47H67B3Br2Cl3FN4O9. The number of hydrogen-bond donors (Lipinski definition) is 4. The van der Waals surface area contributed by atoms with Gasteiger partial charge < -0.3 is 43.9 Å². The predicted molar refractivity (Wildman–Crippen MR) is 283 cm³/mol. The molecular weight excluding hydrogens is 1080 g/mol. The van der Waals surface area contributed by atoms with Gasteiger partial charge in [0.2, 0.25) is 23.6 Å². The number of hydrogen-bond acceptors (Lipinski definition) is 13. The number of pyridine rings is 4. The van der Waals surface area contributed by atoms with Crippen molar-refractivity contribution < 1.29 is 48.3 Å². The van der Waals surface area contributed by atoms with Gasteiger partial charge in [-0.15, -0.1) is 0 Å². The van der Waals surface area contributed by atoms with Gasteiger partial charge in [-0.05, 0) is 182 Å². The standard InChI is InChI=1S/C15H22BNO3.C9H10ClNO.C6H5BrClNO.2C6H14O2.C5H2BrClFN.B2/c1-14(2)15(3,4)20-16(19-14)12-8-11(10-6-7-10)9-17-13(12)18-5;1-12-9-8(10)4-7(5-11-9)6-2-3-6;1-10-6-5(8)2-4(7)3-9-6;2*1-5(2,7)6(3,4)8;6-3-1-4(7)5(8)9-2-3;1-2/h8-10H,6-7H2,1-5H3;4-6H,2-3H2,1H3;2-3H,1H3;2*7-8H,1-4H3;1-2H;. The van der Waals surface area contributed by atoms with E-state index in [0.29, 0.717) is 44.0 Å². The third-order valence-electron chi connectivity index (χ3n) is 11.4. The highest BCUT2D eigenvalue weighted by Crippen LogP contribution is 2.42. The van der Waals surface area contributed by atoms with Gasteiger partial charge in [0.1, 0.15) is 10.0 Å². The van der Waals surface area contributed by atoms with E-state index in [1.807, 2.05) is 18.5 Å². The lowest BCUT2D eigenvalue weighted by Gasteiger charge is -2.32. The Balaban J connectivity index is 0.000000428. The molecule has 0 aromatic carbocycles. The highest BCUT2D eigenvalue weighted by molar-refractivity contribution is 9.10. The average Bonchev–Trinajstić information content (AvgIpc) is 4.17. The Kier molecular flexibility index (Phi) is 26.0. The van der Waals surface area contributed by atoms with Crippen molar-refractivity contribution in [3.63, 3.8) is 0 Å². The first-order valence-electron chi connectivity index (χ1n) is 21.7. The second-order valence-electron chi connectivity index (χ2n) is 19.1. The Labute approximate surface area is 443 Å². The molecule has 13 nitrogen and oxygen atoms in total. The lowest BCUT2D eigenvalue weighted by atomic mass is 9.78. The van der Waals surface area contributed by atoms with Crippen LogP contribution in [0.2, 0.25) is 15.1 Å². The van der Waals surface area contributed by atoms with Crippen molar-refractivity contribution >= 4 is 94.7 Å². The van der Waals surface area contributed by atoms with E-state index in [1.54, 1.807) is 81.9 Å². The van der Waals surface area contributed by atoms with Gasteiger partial charge in [0.15, 0.2) is 0 Å². The molecule has 4 radical (unpaired) electrons. The lowest BCUT2D eigenvalue weighted by molar-refractivity contribution is -0.107. The first kappa shape index (κ1) is 64.7. The smallest absolute Gasteiger partial charge is 0.481 e. The molecule has 0 spiro atoms. The summed E-state index contributed by atoms with van der Waals surface area (Å²) in [6, 6.07) is 7.26. The number of ether oxygens (including phenoxy) is 3. The fourth-order valence-corrected chi connectivity index (χ4v) is 6.20. The summed E-state index contributed by atoms with van der Waals surface area (Å²) in [6.07, 6.45) is 11.8. The molecule has 4 N–H and O–H groups in total. The molecule has 2 saturated carbocycles. The summed E-state index contributed by atoms with van der Waals surface area (Å²) in [5.41, 5.74) is -1.33. The quantitative estimate of drug-likeness (QED) is 0.0969. The molecule has 4 aromatic heterocycles. The molecule has 7 rings (SSSR count). The van der Waals surface area contributed by atoms with E-state index >= 15 is 0 Å². The highest BCUT2D eigenvalue weighted by atomic mass is 79.9. The van der Waals surface area contributed by atoms with Gasteiger partial charge in [-0.25, -0.2) is 19.9 Å². The van der Waals surface area contributed by atoms with Gasteiger partial charge in [0, 0.05) is 54.7 Å². The van der Waals surface area contributed by atoms with E-state index in [1.165, 1.54) is 56.2 Å². The Morgan fingerprint density at radius 2 is 0.899 bits per heavy atom. The monoisotopic (exact) mass is 1150 g/mol. The van der Waals surface area contributed by atoms with Crippen molar-refractivity contribution in [2.24, 2.45) is 0 Å². The van der Waals surface area contributed by atoms with Crippen LogP contribution >= 0.6 is 66.7 Å². The Morgan fingerprint density at radius 3 is 1.20 bits per heavy atom. The van der Waals surface area contributed by atoms with Gasteiger partial charge in [0.25, 0.3) is 0 Å². The molecule has 5 heterocycles. The van der Waals surface area contributed by atoms with Crippen molar-refractivity contribution in [2.75, 3.05) is 21.3 Å². The summed E-state index contributed by atoms with van der Waals surface area (Å²) in [6.45, 7) is 20.8. The lowest BCUT2D eigenvalue weighted by Crippen LogP contribution is -2.44. The van der Waals surface area contributed by atoms with E-state index < -0.39 is 35.5 Å². The third-order valence-corrected chi connectivity index (χ3v) is 13.1. The number of halogens is 6. The number of nitrogens with zero attached hydrogens (tertiary/aromatic N) is 4. The van der Waals surface area contributed by atoms with Crippen LogP contribution < -0.4 is 19.7 Å². The van der Waals surface area contributed by atoms with Crippen LogP contribution in [-0.4, -0.2) is 118 Å².